The zero-order chi connectivity index (χ0) is 13.7. The number of likely N-dealkylation sites (tertiary alicyclic amines) is 1. The Hall–Kier alpha value is -1.58. The average Bonchev–Trinajstić information content (AvgIpc) is 2.47. The quantitative estimate of drug-likeness (QED) is 0.837. The molecule has 0 N–H and O–H groups in total. The Morgan fingerprint density at radius 1 is 1.26 bits per heavy atom. The topological polar surface area (TPSA) is 29.5 Å². The summed E-state index contributed by atoms with van der Waals surface area (Å²) in [4.78, 5) is 14.2. The maximum absolute atomic E-state index is 12.8. The van der Waals surface area contributed by atoms with Gasteiger partial charge < -0.3 is 9.64 Å². The Balaban J connectivity index is 1.98. The van der Waals surface area contributed by atoms with Crippen LogP contribution in [0, 0.1) is 5.82 Å². The molecule has 1 aromatic carbocycles. The molecule has 1 atom stereocenters. The number of hydrogen-bond donors (Lipinski definition) is 0. The van der Waals surface area contributed by atoms with Crippen molar-refractivity contribution in [3.63, 3.8) is 0 Å². The van der Waals surface area contributed by atoms with E-state index in [-0.39, 0.29) is 11.7 Å². The van der Waals surface area contributed by atoms with Crippen molar-refractivity contribution in [1.29, 1.82) is 0 Å². The van der Waals surface area contributed by atoms with Crippen LogP contribution in [0.4, 0.5) is 4.39 Å². The van der Waals surface area contributed by atoms with E-state index in [0.717, 1.165) is 25.9 Å². The summed E-state index contributed by atoms with van der Waals surface area (Å²) in [5.74, 6) is 0.285. The van der Waals surface area contributed by atoms with Crippen LogP contribution in [0.3, 0.4) is 0 Å². The standard InChI is InChI=1S/C15H20FNO2/c1-2-14(15(18)17-10-4-3-5-11-17)19-13-8-6-12(16)7-9-13/h6-9,14H,2-5,10-11H2,1H3/t14-/m1/s1. The third-order valence-corrected chi connectivity index (χ3v) is 3.41. The monoisotopic (exact) mass is 265 g/mol. The number of halogens is 1. The summed E-state index contributed by atoms with van der Waals surface area (Å²) < 4.78 is 18.5. The minimum atomic E-state index is -0.469. The first-order chi connectivity index (χ1) is 9.20. The van der Waals surface area contributed by atoms with Gasteiger partial charge in [0.05, 0.1) is 0 Å². The number of carbonyl (C=O) groups excluding carboxylic acids is 1. The first kappa shape index (κ1) is 13.8. The van der Waals surface area contributed by atoms with Gasteiger partial charge >= 0.3 is 0 Å². The molecule has 0 radical (unpaired) electrons. The van der Waals surface area contributed by atoms with E-state index in [1.807, 2.05) is 11.8 Å². The summed E-state index contributed by atoms with van der Waals surface area (Å²) in [5, 5.41) is 0. The lowest BCUT2D eigenvalue weighted by molar-refractivity contribution is -0.139. The van der Waals surface area contributed by atoms with Gasteiger partial charge in [-0.2, -0.15) is 0 Å². The van der Waals surface area contributed by atoms with Crippen LogP contribution in [0.25, 0.3) is 0 Å². The fraction of sp³-hybridized carbons (Fsp3) is 0.533. The lowest BCUT2D eigenvalue weighted by atomic mass is 10.1. The number of carbonyl (C=O) groups is 1. The zero-order valence-electron chi connectivity index (χ0n) is 11.3. The molecule has 0 unspecified atom stereocenters. The molecule has 0 aliphatic carbocycles. The molecule has 1 heterocycles. The van der Waals surface area contributed by atoms with Crippen LogP contribution in [0.15, 0.2) is 24.3 Å². The molecule has 2 rings (SSSR count). The molecule has 0 spiro atoms. The summed E-state index contributed by atoms with van der Waals surface area (Å²) in [5.41, 5.74) is 0. The van der Waals surface area contributed by atoms with Crippen LogP contribution >= 0.6 is 0 Å². The predicted molar refractivity (Wildman–Crippen MR) is 71.5 cm³/mol. The van der Waals surface area contributed by atoms with Crippen molar-refractivity contribution in [2.24, 2.45) is 0 Å². The fourth-order valence-electron chi connectivity index (χ4n) is 2.30. The SMILES string of the molecule is CC[C@@H](Oc1ccc(F)cc1)C(=O)N1CCCCC1. The second kappa shape index (κ2) is 6.55. The van der Waals surface area contributed by atoms with E-state index >= 15 is 0 Å². The van der Waals surface area contributed by atoms with E-state index in [0.29, 0.717) is 12.2 Å². The average molecular weight is 265 g/mol. The van der Waals surface area contributed by atoms with E-state index in [4.69, 9.17) is 4.74 Å². The van der Waals surface area contributed by atoms with E-state index in [1.165, 1.54) is 18.6 Å². The summed E-state index contributed by atoms with van der Waals surface area (Å²) >= 11 is 0. The smallest absolute Gasteiger partial charge is 0.263 e. The highest BCUT2D eigenvalue weighted by Crippen LogP contribution is 2.17. The van der Waals surface area contributed by atoms with Gasteiger partial charge in [-0.1, -0.05) is 6.92 Å². The van der Waals surface area contributed by atoms with Gasteiger partial charge in [-0.25, -0.2) is 4.39 Å². The molecule has 1 aromatic rings. The fourth-order valence-corrected chi connectivity index (χ4v) is 2.30. The minimum Gasteiger partial charge on any atom is -0.481 e. The lowest BCUT2D eigenvalue weighted by Gasteiger charge is -2.30. The van der Waals surface area contributed by atoms with E-state index < -0.39 is 6.10 Å². The Kier molecular flexibility index (Phi) is 4.77. The summed E-state index contributed by atoms with van der Waals surface area (Å²) in [7, 11) is 0. The van der Waals surface area contributed by atoms with Gasteiger partial charge in [0, 0.05) is 13.1 Å². The molecule has 1 fully saturated rings. The molecular formula is C15H20FNO2. The normalized spacial score (nSPS) is 17.1. The van der Waals surface area contributed by atoms with Crippen molar-refractivity contribution in [3.05, 3.63) is 30.1 Å². The Labute approximate surface area is 113 Å². The van der Waals surface area contributed by atoms with Gasteiger partial charge in [0.15, 0.2) is 6.10 Å². The highest BCUT2D eigenvalue weighted by molar-refractivity contribution is 5.81. The number of hydrogen-bond acceptors (Lipinski definition) is 2. The van der Waals surface area contributed by atoms with Gasteiger partial charge in [-0.15, -0.1) is 0 Å². The van der Waals surface area contributed by atoms with Crippen LogP contribution in [-0.4, -0.2) is 30.0 Å². The van der Waals surface area contributed by atoms with Gasteiger partial charge in [0.1, 0.15) is 11.6 Å². The zero-order valence-corrected chi connectivity index (χ0v) is 11.3. The maximum atomic E-state index is 12.8. The van der Waals surface area contributed by atoms with E-state index in [2.05, 4.69) is 0 Å². The van der Waals surface area contributed by atoms with Crippen LogP contribution in [-0.2, 0) is 4.79 Å². The van der Waals surface area contributed by atoms with Crippen LogP contribution < -0.4 is 4.74 Å². The van der Waals surface area contributed by atoms with Crippen molar-refractivity contribution in [1.82, 2.24) is 4.90 Å². The second-order valence-corrected chi connectivity index (χ2v) is 4.85. The van der Waals surface area contributed by atoms with Crippen LogP contribution in [0.1, 0.15) is 32.6 Å². The lowest BCUT2D eigenvalue weighted by Crippen LogP contribution is -2.44. The van der Waals surface area contributed by atoms with Crippen molar-refractivity contribution in [2.75, 3.05) is 13.1 Å². The number of benzene rings is 1. The molecule has 1 aliphatic heterocycles. The van der Waals surface area contributed by atoms with Gasteiger partial charge in [-0.05, 0) is 49.9 Å². The molecular weight excluding hydrogens is 245 g/mol. The molecule has 1 amide bonds. The van der Waals surface area contributed by atoms with Crippen molar-refractivity contribution in [2.45, 2.75) is 38.7 Å². The maximum Gasteiger partial charge on any atom is 0.263 e. The molecule has 0 saturated carbocycles. The minimum absolute atomic E-state index is 0.0477. The van der Waals surface area contributed by atoms with Gasteiger partial charge in [0.25, 0.3) is 5.91 Å². The molecule has 1 saturated heterocycles. The third kappa shape index (κ3) is 3.69. The Morgan fingerprint density at radius 3 is 2.47 bits per heavy atom. The number of nitrogens with zero attached hydrogens (tertiary/aromatic N) is 1. The van der Waals surface area contributed by atoms with E-state index in [1.54, 1.807) is 12.1 Å². The first-order valence-corrected chi connectivity index (χ1v) is 6.91. The number of amides is 1. The molecule has 1 aliphatic rings. The van der Waals surface area contributed by atoms with Crippen molar-refractivity contribution < 1.29 is 13.9 Å². The van der Waals surface area contributed by atoms with Gasteiger partial charge in [0.2, 0.25) is 0 Å². The Bertz CT molecular complexity index is 413. The summed E-state index contributed by atoms with van der Waals surface area (Å²) in [6, 6.07) is 5.80. The Morgan fingerprint density at radius 2 is 1.89 bits per heavy atom. The van der Waals surface area contributed by atoms with Crippen LogP contribution in [0.5, 0.6) is 5.75 Å². The summed E-state index contributed by atoms with van der Waals surface area (Å²) in [6.45, 7) is 3.57. The molecule has 0 bridgehead atoms. The number of ether oxygens (including phenoxy) is 1. The van der Waals surface area contributed by atoms with Crippen molar-refractivity contribution in [3.8, 4) is 5.75 Å². The molecule has 4 heteroatoms. The summed E-state index contributed by atoms with van der Waals surface area (Å²) in [6.07, 6.45) is 3.48. The van der Waals surface area contributed by atoms with E-state index in [9.17, 15) is 9.18 Å². The highest BCUT2D eigenvalue weighted by Gasteiger charge is 2.25. The first-order valence-electron chi connectivity index (χ1n) is 6.91. The number of rotatable bonds is 4. The molecule has 104 valence electrons. The molecule has 3 nitrogen and oxygen atoms in total. The highest BCUT2D eigenvalue weighted by atomic mass is 19.1. The van der Waals surface area contributed by atoms with Gasteiger partial charge in [-0.3, -0.25) is 4.79 Å². The third-order valence-electron chi connectivity index (χ3n) is 3.41. The molecule has 19 heavy (non-hydrogen) atoms. The predicted octanol–water partition coefficient (Wildman–Crippen LogP) is 3.00. The molecule has 0 aromatic heterocycles. The van der Waals surface area contributed by atoms with Crippen LogP contribution in [0.2, 0.25) is 0 Å². The number of piperidine rings is 1. The largest absolute Gasteiger partial charge is 0.481 e. The van der Waals surface area contributed by atoms with Crippen molar-refractivity contribution >= 4 is 5.91 Å². The second-order valence-electron chi connectivity index (χ2n) is 4.85.